The van der Waals surface area contributed by atoms with E-state index in [1.807, 2.05) is 0 Å². The fraction of sp³-hybridized carbons (Fsp3) is 0.294. The minimum Gasteiger partial charge on any atom is -0.309 e. The standard InChI is InChI=1S/C68H61N/c1-67(2)58-18-9-6-16-51(58)52-36-33-49(41-61(52)67)69(64-21-11-8-15-50(64)44-13-4-3-5-14-44)65-22-12-20-60-66(65)55-17-7-10-19-59(55)68(60)62-39-47(56-37-42-23-27-45(56)28-24-42)31-34-53(62)54-35-32-48(40-63(54)68)57-38-43-25-29-46(57)30-26-43/h3-22,31-36,39-43,45-46,56-57H,23-30,37-38H2,1-2H3. The largest absolute Gasteiger partial charge is 0.309 e. The molecule has 1 spiro atoms. The fourth-order valence-corrected chi connectivity index (χ4v) is 16.2. The van der Waals surface area contributed by atoms with E-state index >= 15 is 0 Å². The number of hydrogen-bond donors (Lipinski definition) is 0. The summed E-state index contributed by atoms with van der Waals surface area (Å²) < 4.78 is 0. The molecule has 6 fully saturated rings. The zero-order chi connectivity index (χ0) is 45.6. The van der Waals surface area contributed by atoms with Crippen LogP contribution in [0.4, 0.5) is 17.1 Å². The van der Waals surface area contributed by atoms with Gasteiger partial charge in [-0.3, -0.25) is 0 Å². The molecule has 0 aliphatic heterocycles. The molecule has 0 radical (unpaired) electrons. The maximum atomic E-state index is 2.75. The monoisotopic (exact) mass is 891 g/mol. The van der Waals surface area contributed by atoms with Gasteiger partial charge in [-0.15, -0.1) is 0 Å². The predicted octanol–water partition coefficient (Wildman–Crippen LogP) is 18.1. The summed E-state index contributed by atoms with van der Waals surface area (Å²) in [7, 11) is 0. The highest BCUT2D eigenvalue weighted by molar-refractivity contribution is 6.03. The highest BCUT2D eigenvalue weighted by atomic mass is 15.1. The van der Waals surface area contributed by atoms with Gasteiger partial charge in [0.15, 0.2) is 0 Å². The molecule has 69 heavy (non-hydrogen) atoms. The maximum Gasteiger partial charge on any atom is 0.0726 e. The number of benzene rings is 8. The third kappa shape index (κ3) is 5.71. The minimum atomic E-state index is -0.438. The van der Waals surface area contributed by atoms with Crippen molar-refractivity contribution >= 4 is 17.1 Å². The summed E-state index contributed by atoms with van der Waals surface area (Å²) in [6, 6.07) is 69.4. The van der Waals surface area contributed by atoms with E-state index in [9.17, 15) is 0 Å². The van der Waals surface area contributed by atoms with Crippen LogP contribution in [0.1, 0.15) is 134 Å². The molecule has 8 aromatic carbocycles. The fourth-order valence-electron chi connectivity index (χ4n) is 16.2. The molecule has 0 saturated heterocycles. The van der Waals surface area contributed by atoms with Crippen LogP contribution in [0.5, 0.6) is 0 Å². The Bertz CT molecular complexity index is 3290. The Morgan fingerprint density at radius 3 is 1.52 bits per heavy atom. The van der Waals surface area contributed by atoms with E-state index in [-0.39, 0.29) is 5.41 Å². The van der Waals surface area contributed by atoms with Crippen molar-refractivity contribution in [2.24, 2.45) is 23.7 Å². The van der Waals surface area contributed by atoms with Crippen molar-refractivity contribution in [1.82, 2.24) is 0 Å². The van der Waals surface area contributed by atoms with Gasteiger partial charge in [0.25, 0.3) is 0 Å². The number of para-hydroxylation sites is 1. The lowest BCUT2D eigenvalue weighted by atomic mass is 9.62. The molecule has 4 bridgehead atoms. The topological polar surface area (TPSA) is 3.24 Å². The normalized spacial score (nSPS) is 25.7. The molecule has 2 atom stereocenters. The lowest BCUT2D eigenvalue weighted by Gasteiger charge is -2.43. The summed E-state index contributed by atoms with van der Waals surface area (Å²) in [5, 5.41) is 0. The Hall–Kier alpha value is -6.44. The SMILES string of the molecule is CC1(C)c2ccccc2-c2ccc(N(c3ccccc3-c3ccccc3)c3cccc4c3-c3ccccc3C43c4cc(C5CC6CCC5CC6)ccc4-c4ccc(C5CC6CCC5CC6)cc43)cc21. The molecule has 0 heterocycles. The van der Waals surface area contributed by atoms with Gasteiger partial charge in [-0.05, 0) is 176 Å². The first-order valence-corrected chi connectivity index (χ1v) is 26.7. The smallest absolute Gasteiger partial charge is 0.0726 e. The quantitative estimate of drug-likeness (QED) is 0.161. The molecule has 0 N–H and O–H groups in total. The molecule has 9 aliphatic carbocycles. The van der Waals surface area contributed by atoms with Crippen LogP contribution in [0.25, 0.3) is 44.5 Å². The number of rotatable bonds is 6. The Balaban J connectivity index is 0.999. The second-order valence-corrected chi connectivity index (χ2v) is 23.0. The molecular formula is C68H61N. The van der Waals surface area contributed by atoms with Crippen molar-refractivity contribution in [3.63, 3.8) is 0 Å². The molecule has 17 rings (SSSR count). The van der Waals surface area contributed by atoms with Gasteiger partial charge in [-0.25, -0.2) is 0 Å². The summed E-state index contributed by atoms with van der Waals surface area (Å²) in [6.07, 6.45) is 14.0. The van der Waals surface area contributed by atoms with E-state index in [2.05, 4.69) is 195 Å². The van der Waals surface area contributed by atoms with E-state index < -0.39 is 5.41 Å². The molecule has 0 aromatic heterocycles. The van der Waals surface area contributed by atoms with E-state index in [1.54, 1.807) is 11.1 Å². The summed E-state index contributed by atoms with van der Waals surface area (Å²) in [6.45, 7) is 4.83. The lowest BCUT2D eigenvalue weighted by molar-refractivity contribution is 0.145. The van der Waals surface area contributed by atoms with Crippen molar-refractivity contribution in [3.05, 3.63) is 220 Å². The first kappa shape index (κ1) is 40.4. The number of fused-ring (bicyclic) bond motifs is 19. The van der Waals surface area contributed by atoms with E-state index in [1.165, 1.54) is 159 Å². The summed E-state index contributed by atoms with van der Waals surface area (Å²) in [5.41, 5.74) is 25.7. The van der Waals surface area contributed by atoms with Crippen LogP contribution in [0.15, 0.2) is 176 Å². The molecular weight excluding hydrogens is 831 g/mol. The van der Waals surface area contributed by atoms with Gasteiger partial charge >= 0.3 is 0 Å². The van der Waals surface area contributed by atoms with E-state index in [4.69, 9.17) is 0 Å². The summed E-state index contributed by atoms with van der Waals surface area (Å²) >= 11 is 0. The van der Waals surface area contributed by atoms with Gasteiger partial charge in [-0.1, -0.05) is 191 Å². The van der Waals surface area contributed by atoms with Crippen molar-refractivity contribution < 1.29 is 0 Å². The summed E-state index contributed by atoms with van der Waals surface area (Å²) in [5.74, 6) is 4.68. The lowest BCUT2D eigenvalue weighted by Crippen LogP contribution is -2.31. The number of anilines is 3. The number of hydrogen-bond acceptors (Lipinski definition) is 1. The highest BCUT2D eigenvalue weighted by Gasteiger charge is 2.54. The first-order chi connectivity index (χ1) is 33.9. The van der Waals surface area contributed by atoms with Crippen molar-refractivity contribution in [2.75, 3.05) is 4.90 Å². The zero-order valence-electron chi connectivity index (χ0n) is 40.2. The van der Waals surface area contributed by atoms with Gasteiger partial charge in [0.2, 0.25) is 0 Å². The van der Waals surface area contributed by atoms with Gasteiger partial charge in [0.05, 0.1) is 16.8 Å². The van der Waals surface area contributed by atoms with Crippen LogP contribution in [0.2, 0.25) is 0 Å². The van der Waals surface area contributed by atoms with Gasteiger partial charge in [0.1, 0.15) is 0 Å². The Labute approximate surface area is 409 Å². The van der Waals surface area contributed by atoms with Crippen LogP contribution < -0.4 is 4.90 Å². The van der Waals surface area contributed by atoms with Crippen LogP contribution in [0.3, 0.4) is 0 Å². The predicted molar refractivity (Wildman–Crippen MR) is 286 cm³/mol. The Kier molecular flexibility index (Phi) is 8.81. The highest BCUT2D eigenvalue weighted by Crippen LogP contribution is 2.66. The summed E-state index contributed by atoms with van der Waals surface area (Å²) in [4.78, 5) is 2.64. The molecule has 8 aromatic rings. The molecule has 0 amide bonds. The molecule has 338 valence electrons. The van der Waals surface area contributed by atoms with Crippen molar-refractivity contribution in [2.45, 2.75) is 101 Å². The second kappa shape index (κ2) is 15.0. The van der Waals surface area contributed by atoms with Gasteiger partial charge < -0.3 is 4.90 Å². The Morgan fingerprint density at radius 2 is 0.884 bits per heavy atom. The third-order valence-electron chi connectivity index (χ3n) is 19.5. The third-order valence-corrected chi connectivity index (χ3v) is 19.5. The second-order valence-electron chi connectivity index (χ2n) is 23.0. The molecule has 9 aliphatic rings. The van der Waals surface area contributed by atoms with Crippen LogP contribution in [-0.2, 0) is 10.8 Å². The number of nitrogens with zero attached hydrogens (tertiary/aromatic N) is 1. The van der Waals surface area contributed by atoms with Crippen LogP contribution in [-0.4, -0.2) is 0 Å². The van der Waals surface area contributed by atoms with Gasteiger partial charge in [-0.2, -0.15) is 0 Å². The van der Waals surface area contributed by atoms with E-state index in [0.29, 0.717) is 11.8 Å². The zero-order valence-corrected chi connectivity index (χ0v) is 40.2. The molecule has 1 heteroatoms. The average Bonchev–Trinajstić information content (AvgIpc) is 3.97. The average molecular weight is 892 g/mol. The first-order valence-electron chi connectivity index (χ1n) is 26.7. The van der Waals surface area contributed by atoms with Crippen LogP contribution >= 0.6 is 0 Å². The van der Waals surface area contributed by atoms with Crippen LogP contribution in [0, 0.1) is 23.7 Å². The minimum absolute atomic E-state index is 0.135. The molecule has 6 saturated carbocycles. The van der Waals surface area contributed by atoms with Gasteiger partial charge in [0, 0.05) is 22.2 Å². The molecule has 2 unspecified atom stereocenters. The Morgan fingerprint density at radius 1 is 0.377 bits per heavy atom. The maximum absolute atomic E-state index is 2.75. The van der Waals surface area contributed by atoms with E-state index in [0.717, 1.165) is 23.7 Å². The van der Waals surface area contributed by atoms with Crippen molar-refractivity contribution in [3.8, 4) is 44.5 Å². The van der Waals surface area contributed by atoms with Crippen molar-refractivity contribution in [1.29, 1.82) is 0 Å². The molecule has 1 nitrogen and oxygen atoms in total.